The monoisotopic (exact) mass is 303 g/mol. The number of carboxylic acid groups (broad SMARTS) is 1. The molecule has 0 spiro atoms. The molecule has 1 aromatic carbocycles. The van der Waals surface area contributed by atoms with E-state index in [-0.39, 0.29) is 22.2 Å². The van der Waals surface area contributed by atoms with Crippen LogP contribution in [0, 0.1) is 0 Å². The van der Waals surface area contributed by atoms with E-state index in [0.29, 0.717) is 0 Å². The number of halogens is 2. The first-order valence-electron chi connectivity index (χ1n) is 5.18. The summed E-state index contributed by atoms with van der Waals surface area (Å²) in [6.07, 6.45) is 0.477. The van der Waals surface area contributed by atoms with E-state index in [1.807, 2.05) is 0 Å². The zero-order chi connectivity index (χ0) is 14.4. The van der Waals surface area contributed by atoms with Gasteiger partial charge in [-0.25, -0.2) is 9.59 Å². The molecule has 0 radical (unpaired) electrons. The Hall–Kier alpha value is -1.72. The van der Waals surface area contributed by atoms with E-state index in [2.05, 4.69) is 16.6 Å². The van der Waals surface area contributed by atoms with Gasteiger partial charge in [0.1, 0.15) is 6.61 Å². The van der Waals surface area contributed by atoms with E-state index in [9.17, 15) is 9.59 Å². The van der Waals surface area contributed by atoms with E-state index < -0.39 is 18.1 Å². The second-order valence-electron chi connectivity index (χ2n) is 3.45. The zero-order valence-electron chi connectivity index (χ0n) is 9.73. The molecule has 5 nitrogen and oxygen atoms in total. The highest BCUT2D eigenvalue weighted by atomic mass is 35.5. The van der Waals surface area contributed by atoms with Crippen molar-refractivity contribution in [3.8, 4) is 0 Å². The molecule has 7 heteroatoms. The van der Waals surface area contributed by atoms with Crippen LogP contribution in [0.4, 0.5) is 4.79 Å². The Bertz CT molecular complexity index is 505. The Kier molecular flexibility index (Phi) is 5.66. The number of carbonyl (C=O) groups excluding carboxylic acids is 1. The molecule has 1 amide bonds. The summed E-state index contributed by atoms with van der Waals surface area (Å²) in [5, 5.41) is 11.6. The van der Waals surface area contributed by atoms with E-state index in [1.54, 1.807) is 0 Å². The lowest BCUT2D eigenvalue weighted by Gasteiger charge is -2.16. The third kappa shape index (κ3) is 4.15. The van der Waals surface area contributed by atoms with Gasteiger partial charge >= 0.3 is 12.1 Å². The molecule has 0 saturated carbocycles. The Morgan fingerprint density at radius 1 is 1.47 bits per heavy atom. The highest BCUT2D eigenvalue weighted by Gasteiger charge is 2.25. The predicted octanol–water partition coefficient (Wildman–Crippen LogP) is 3.03. The molecular weight excluding hydrogens is 293 g/mol. The van der Waals surface area contributed by atoms with Gasteiger partial charge in [-0.15, -0.1) is 0 Å². The lowest BCUT2D eigenvalue weighted by Crippen LogP contribution is -2.34. The first-order chi connectivity index (χ1) is 8.97. The van der Waals surface area contributed by atoms with Gasteiger partial charge in [0.2, 0.25) is 0 Å². The predicted molar refractivity (Wildman–Crippen MR) is 71.5 cm³/mol. The van der Waals surface area contributed by atoms with Crippen LogP contribution in [0.2, 0.25) is 10.0 Å². The molecule has 19 heavy (non-hydrogen) atoms. The first-order valence-corrected chi connectivity index (χ1v) is 5.94. The van der Waals surface area contributed by atoms with Crippen molar-refractivity contribution in [2.75, 3.05) is 6.61 Å². The summed E-state index contributed by atoms with van der Waals surface area (Å²) < 4.78 is 4.66. The lowest BCUT2D eigenvalue weighted by molar-refractivity contribution is -0.139. The summed E-state index contributed by atoms with van der Waals surface area (Å²) in [6.45, 7) is 3.34. The number of alkyl carbamates (subject to hydrolysis) is 1. The lowest BCUT2D eigenvalue weighted by atomic mass is 10.1. The maximum absolute atomic E-state index is 11.4. The van der Waals surface area contributed by atoms with Crippen molar-refractivity contribution < 1.29 is 19.4 Å². The van der Waals surface area contributed by atoms with Crippen molar-refractivity contribution in [1.29, 1.82) is 0 Å². The molecule has 0 aliphatic carbocycles. The van der Waals surface area contributed by atoms with Crippen molar-refractivity contribution in [1.82, 2.24) is 5.32 Å². The number of ether oxygens (including phenoxy) is 1. The maximum Gasteiger partial charge on any atom is 0.408 e. The molecule has 0 aliphatic rings. The minimum absolute atomic E-state index is 0.0263. The van der Waals surface area contributed by atoms with E-state index in [1.165, 1.54) is 24.3 Å². The average molecular weight is 304 g/mol. The van der Waals surface area contributed by atoms with Crippen LogP contribution in [0.25, 0.3) is 0 Å². The van der Waals surface area contributed by atoms with Crippen molar-refractivity contribution in [3.63, 3.8) is 0 Å². The first kappa shape index (κ1) is 15.3. The molecule has 0 saturated heterocycles. The van der Waals surface area contributed by atoms with Gasteiger partial charge < -0.3 is 15.2 Å². The quantitative estimate of drug-likeness (QED) is 0.820. The van der Waals surface area contributed by atoms with Crippen LogP contribution in [0.3, 0.4) is 0 Å². The fourth-order valence-electron chi connectivity index (χ4n) is 1.31. The van der Waals surface area contributed by atoms with Crippen molar-refractivity contribution >= 4 is 35.3 Å². The van der Waals surface area contributed by atoms with Gasteiger partial charge in [0.05, 0.1) is 10.0 Å². The van der Waals surface area contributed by atoms with Gasteiger partial charge in [-0.1, -0.05) is 48.0 Å². The van der Waals surface area contributed by atoms with Gasteiger partial charge in [0, 0.05) is 5.56 Å². The van der Waals surface area contributed by atoms with E-state index in [4.69, 9.17) is 28.3 Å². The van der Waals surface area contributed by atoms with Crippen molar-refractivity contribution in [3.05, 3.63) is 46.5 Å². The zero-order valence-corrected chi connectivity index (χ0v) is 11.2. The molecule has 0 aromatic heterocycles. The Morgan fingerprint density at radius 3 is 2.74 bits per heavy atom. The molecule has 0 heterocycles. The molecule has 0 fully saturated rings. The maximum atomic E-state index is 11.4. The van der Waals surface area contributed by atoms with Crippen LogP contribution in [0.15, 0.2) is 30.9 Å². The van der Waals surface area contributed by atoms with Gasteiger partial charge in [-0.2, -0.15) is 0 Å². The minimum Gasteiger partial charge on any atom is -0.479 e. The number of carboxylic acids is 1. The normalized spacial score (nSPS) is 11.5. The number of rotatable bonds is 5. The Balaban J connectivity index is 2.95. The van der Waals surface area contributed by atoms with Crippen LogP contribution in [-0.4, -0.2) is 23.8 Å². The van der Waals surface area contributed by atoms with Crippen LogP contribution in [0.1, 0.15) is 11.6 Å². The molecule has 0 bridgehead atoms. The number of carbonyl (C=O) groups is 2. The fraction of sp³-hybridized carbons (Fsp3) is 0.167. The largest absolute Gasteiger partial charge is 0.479 e. The van der Waals surface area contributed by atoms with Crippen LogP contribution in [0.5, 0.6) is 0 Å². The number of benzene rings is 1. The molecule has 102 valence electrons. The third-order valence-corrected chi connectivity index (χ3v) is 2.97. The van der Waals surface area contributed by atoms with Gasteiger partial charge in [0.25, 0.3) is 0 Å². The molecule has 1 unspecified atom stereocenters. The minimum atomic E-state index is -1.34. The number of aliphatic carboxylic acids is 1. The van der Waals surface area contributed by atoms with Crippen LogP contribution in [-0.2, 0) is 9.53 Å². The SMILES string of the molecule is C=CCOC(=O)NC(C(=O)O)c1cccc(Cl)c1Cl. The number of hydrogen-bond acceptors (Lipinski definition) is 3. The van der Waals surface area contributed by atoms with Gasteiger partial charge in [-0.3, -0.25) is 0 Å². The molecule has 1 aromatic rings. The summed E-state index contributed by atoms with van der Waals surface area (Å²) in [4.78, 5) is 22.5. The highest BCUT2D eigenvalue weighted by molar-refractivity contribution is 6.42. The average Bonchev–Trinajstić information content (AvgIpc) is 2.37. The standard InChI is InChI=1S/C12H11Cl2NO4/c1-2-6-19-12(18)15-10(11(16)17)7-4-3-5-8(13)9(7)14/h2-5,10H,1,6H2,(H,15,18)(H,16,17). The second-order valence-corrected chi connectivity index (χ2v) is 4.23. The topological polar surface area (TPSA) is 75.6 Å². The number of hydrogen-bond donors (Lipinski definition) is 2. The summed E-state index contributed by atoms with van der Waals surface area (Å²) in [5.74, 6) is -1.28. The summed E-state index contributed by atoms with van der Waals surface area (Å²) in [7, 11) is 0. The number of nitrogens with one attached hydrogen (secondary N) is 1. The molecule has 0 aliphatic heterocycles. The highest BCUT2D eigenvalue weighted by Crippen LogP contribution is 2.30. The van der Waals surface area contributed by atoms with E-state index in [0.717, 1.165) is 0 Å². The fourth-order valence-corrected chi connectivity index (χ4v) is 1.73. The van der Waals surface area contributed by atoms with Crippen LogP contribution < -0.4 is 5.32 Å². The summed E-state index contributed by atoms with van der Waals surface area (Å²) in [5.41, 5.74) is 0.178. The van der Waals surface area contributed by atoms with Crippen molar-refractivity contribution in [2.24, 2.45) is 0 Å². The smallest absolute Gasteiger partial charge is 0.408 e. The molecule has 1 atom stereocenters. The Morgan fingerprint density at radius 2 is 2.16 bits per heavy atom. The van der Waals surface area contributed by atoms with Gasteiger partial charge in [-0.05, 0) is 6.07 Å². The van der Waals surface area contributed by atoms with Crippen LogP contribution >= 0.6 is 23.2 Å². The molecule has 1 rings (SSSR count). The summed E-state index contributed by atoms with van der Waals surface area (Å²) >= 11 is 11.7. The van der Waals surface area contributed by atoms with Crippen molar-refractivity contribution in [2.45, 2.75) is 6.04 Å². The third-order valence-electron chi connectivity index (χ3n) is 2.13. The molecule has 2 N–H and O–H groups in total. The number of amides is 1. The molecular formula is C12H11Cl2NO4. The summed E-state index contributed by atoms with van der Waals surface area (Å²) in [6, 6.07) is 3.17. The van der Waals surface area contributed by atoms with E-state index >= 15 is 0 Å². The second kappa shape index (κ2) is 7.01. The Labute approximate surface area is 119 Å². The van der Waals surface area contributed by atoms with Gasteiger partial charge in [0.15, 0.2) is 6.04 Å².